The monoisotopic (exact) mass is 400 g/mol. The normalized spacial score (nSPS) is 11.3. The van der Waals surface area contributed by atoms with Gasteiger partial charge in [0, 0.05) is 12.2 Å². The summed E-state index contributed by atoms with van der Waals surface area (Å²) in [5.41, 5.74) is 1.99. The van der Waals surface area contributed by atoms with Crippen LogP contribution >= 0.6 is 0 Å². The number of nitrogens with one attached hydrogen (secondary N) is 3. The zero-order valence-electron chi connectivity index (χ0n) is 16.8. The van der Waals surface area contributed by atoms with E-state index in [1.807, 2.05) is 0 Å². The summed E-state index contributed by atoms with van der Waals surface area (Å²) in [5, 5.41) is 5.60. The van der Waals surface area contributed by atoms with E-state index in [0.717, 1.165) is 10.5 Å². The highest BCUT2D eigenvalue weighted by atomic mass is 16.5. The first-order chi connectivity index (χ1) is 13.9. The number of esters is 1. The number of methoxy groups -OCH3 is 2. The van der Waals surface area contributed by atoms with E-state index in [0.29, 0.717) is 23.5 Å². The first-order valence-electron chi connectivity index (χ1n) is 9.10. The fourth-order valence-corrected chi connectivity index (χ4v) is 2.63. The maximum Gasteiger partial charge on any atom is 0.337 e. The predicted molar refractivity (Wildman–Crippen MR) is 108 cm³/mol. The van der Waals surface area contributed by atoms with E-state index >= 15 is 0 Å². The first kappa shape index (κ1) is 21.9. The lowest BCUT2D eigenvalue weighted by Gasteiger charge is -2.14. The number of anilines is 1. The molecule has 0 spiro atoms. The SMILES string of the molecule is COC(=O)c1ccc(CNC(=O)C[NH+](C)CC(=O)Nc2ccc(OC)cc2)cc1. The number of amides is 2. The van der Waals surface area contributed by atoms with Crippen LogP contribution in [-0.4, -0.2) is 52.1 Å². The lowest BCUT2D eigenvalue weighted by Crippen LogP contribution is -3.11. The Balaban J connectivity index is 1.73. The van der Waals surface area contributed by atoms with Gasteiger partial charge < -0.3 is 25.0 Å². The molecular formula is C21H26N3O5+. The number of hydrogen-bond donors (Lipinski definition) is 3. The van der Waals surface area contributed by atoms with Crippen LogP contribution in [0.5, 0.6) is 5.75 Å². The van der Waals surface area contributed by atoms with Gasteiger partial charge in [-0.25, -0.2) is 4.79 Å². The molecular weight excluding hydrogens is 374 g/mol. The van der Waals surface area contributed by atoms with Gasteiger partial charge >= 0.3 is 5.97 Å². The van der Waals surface area contributed by atoms with E-state index in [1.54, 1.807) is 62.7 Å². The first-order valence-corrected chi connectivity index (χ1v) is 9.10. The fraction of sp³-hybridized carbons (Fsp3) is 0.286. The van der Waals surface area contributed by atoms with E-state index in [-0.39, 0.29) is 24.9 Å². The predicted octanol–water partition coefficient (Wildman–Crippen LogP) is 0.251. The van der Waals surface area contributed by atoms with Crippen LogP contribution in [0.2, 0.25) is 0 Å². The Morgan fingerprint density at radius 2 is 1.52 bits per heavy atom. The summed E-state index contributed by atoms with van der Waals surface area (Å²) in [7, 11) is 4.68. The Hall–Kier alpha value is -3.39. The number of likely N-dealkylation sites (N-methyl/N-ethyl adjacent to an activating group) is 1. The molecule has 1 unspecified atom stereocenters. The van der Waals surface area contributed by atoms with Crippen molar-refractivity contribution < 1.29 is 28.8 Å². The summed E-state index contributed by atoms with van der Waals surface area (Å²) in [6.45, 7) is 0.662. The molecule has 1 atom stereocenters. The third-order valence-corrected chi connectivity index (χ3v) is 4.16. The van der Waals surface area contributed by atoms with Gasteiger partial charge in [0.2, 0.25) is 0 Å². The van der Waals surface area contributed by atoms with E-state index in [1.165, 1.54) is 7.11 Å². The second kappa shape index (κ2) is 10.8. The van der Waals surface area contributed by atoms with Gasteiger partial charge in [0.15, 0.2) is 13.1 Å². The van der Waals surface area contributed by atoms with Crippen molar-refractivity contribution in [3.8, 4) is 5.75 Å². The van der Waals surface area contributed by atoms with Crippen molar-refractivity contribution >= 4 is 23.5 Å². The van der Waals surface area contributed by atoms with E-state index in [4.69, 9.17) is 4.74 Å². The molecule has 8 nitrogen and oxygen atoms in total. The summed E-state index contributed by atoms with van der Waals surface area (Å²) in [6.07, 6.45) is 0. The van der Waals surface area contributed by atoms with Crippen LogP contribution in [0.25, 0.3) is 0 Å². The highest BCUT2D eigenvalue weighted by molar-refractivity contribution is 5.91. The maximum atomic E-state index is 12.1. The zero-order chi connectivity index (χ0) is 21.2. The summed E-state index contributed by atoms with van der Waals surface area (Å²) >= 11 is 0. The molecule has 154 valence electrons. The van der Waals surface area contributed by atoms with Gasteiger partial charge in [-0.15, -0.1) is 0 Å². The smallest absolute Gasteiger partial charge is 0.337 e. The highest BCUT2D eigenvalue weighted by Crippen LogP contribution is 2.14. The van der Waals surface area contributed by atoms with Crippen LogP contribution in [0.15, 0.2) is 48.5 Å². The van der Waals surface area contributed by atoms with Crippen LogP contribution in [0.4, 0.5) is 5.69 Å². The highest BCUT2D eigenvalue weighted by Gasteiger charge is 2.14. The molecule has 0 radical (unpaired) electrons. The molecule has 0 fully saturated rings. The number of carbonyl (C=O) groups is 3. The second-order valence-corrected chi connectivity index (χ2v) is 6.55. The van der Waals surface area contributed by atoms with Gasteiger partial charge in [0.05, 0.1) is 26.8 Å². The van der Waals surface area contributed by atoms with Gasteiger partial charge in [-0.1, -0.05) is 12.1 Å². The number of rotatable bonds is 9. The minimum atomic E-state index is -0.404. The number of quaternary nitrogens is 1. The fourth-order valence-electron chi connectivity index (χ4n) is 2.63. The topological polar surface area (TPSA) is 98.2 Å². The molecule has 2 aromatic carbocycles. The van der Waals surface area contributed by atoms with Crippen LogP contribution < -0.4 is 20.3 Å². The maximum absolute atomic E-state index is 12.1. The van der Waals surface area contributed by atoms with Crippen molar-refractivity contribution in [1.82, 2.24) is 5.32 Å². The van der Waals surface area contributed by atoms with Crippen molar-refractivity contribution in [3.63, 3.8) is 0 Å². The molecule has 3 N–H and O–H groups in total. The molecule has 0 saturated carbocycles. The average Bonchev–Trinajstić information content (AvgIpc) is 2.72. The summed E-state index contributed by atoms with van der Waals surface area (Å²) in [4.78, 5) is 36.4. The average molecular weight is 400 g/mol. The third kappa shape index (κ3) is 7.27. The lowest BCUT2D eigenvalue weighted by molar-refractivity contribution is -0.862. The Morgan fingerprint density at radius 3 is 2.10 bits per heavy atom. The minimum Gasteiger partial charge on any atom is -0.497 e. The van der Waals surface area contributed by atoms with Gasteiger partial charge in [-0.05, 0) is 42.0 Å². The summed E-state index contributed by atoms with van der Waals surface area (Å²) in [5.74, 6) is -0.0447. The van der Waals surface area contributed by atoms with E-state index in [2.05, 4.69) is 15.4 Å². The van der Waals surface area contributed by atoms with Gasteiger partial charge in [-0.3, -0.25) is 9.59 Å². The third-order valence-electron chi connectivity index (χ3n) is 4.16. The molecule has 8 heteroatoms. The number of ether oxygens (including phenoxy) is 2. The van der Waals surface area contributed by atoms with Crippen LogP contribution in [-0.2, 0) is 20.9 Å². The van der Waals surface area contributed by atoms with E-state index < -0.39 is 5.97 Å². The molecule has 2 rings (SSSR count). The molecule has 0 bridgehead atoms. The Morgan fingerprint density at radius 1 is 0.897 bits per heavy atom. The van der Waals surface area contributed by atoms with E-state index in [9.17, 15) is 14.4 Å². The quantitative estimate of drug-likeness (QED) is 0.525. The molecule has 2 amide bonds. The number of carbonyl (C=O) groups excluding carboxylic acids is 3. The molecule has 0 aromatic heterocycles. The van der Waals surface area contributed by atoms with Gasteiger partial charge in [0.25, 0.3) is 11.8 Å². The van der Waals surface area contributed by atoms with Gasteiger partial charge in [0.1, 0.15) is 5.75 Å². The molecule has 0 aliphatic carbocycles. The Kier molecular flexibility index (Phi) is 8.17. The van der Waals surface area contributed by atoms with Crippen molar-refractivity contribution in [2.45, 2.75) is 6.54 Å². The molecule has 0 saturated heterocycles. The van der Waals surface area contributed by atoms with Crippen LogP contribution in [0.3, 0.4) is 0 Å². The minimum absolute atomic E-state index is 0.160. The number of benzene rings is 2. The zero-order valence-corrected chi connectivity index (χ0v) is 16.8. The van der Waals surface area contributed by atoms with Crippen molar-refractivity contribution in [2.75, 3.05) is 39.7 Å². The van der Waals surface area contributed by atoms with Crippen LogP contribution in [0.1, 0.15) is 15.9 Å². The summed E-state index contributed by atoms with van der Waals surface area (Å²) in [6, 6.07) is 13.8. The lowest BCUT2D eigenvalue weighted by atomic mass is 10.1. The summed E-state index contributed by atoms with van der Waals surface area (Å²) < 4.78 is 9.72. The largest absolute Gasteiger partial charge is 0.497 e. The molecule has 0 heterocycles. The van der Waals surface area contributed by atoms with Crippen molar-refractivity contribution in [2.24, 2.45) is 0 Å². The molecule has 0 aliphatic rings. The van der Waals surface area contributed by atoms with Gasteiger partial charge in [-0.2, -0.15) is 0 Å². The molecule has 29 heavy (non-hydrogen) atoms. The molecule has 0 aliphatic heterocycles. The van der Waals surface area contributed by atoms with Crippen molar-refractivity contribution in [1.29, 1.82) is 0 Å². The Labute approximate surface area is 169 Å². The standard InChI is InChI=1S/C21H25N3O5/c1-24(14-20(26)23-17-8-10-18(28-2)11-9-17)13-19(25)22-12-15-4-6-16(7-5-15)21(27)29-3/h4-11H,12-14H2,1-3H3,(H,22,25)(H,23,26)/p+1. The van der Waals surface area contributed by atoms with Crippen molar-refractivity contribution in [3.05, 3.63) is 59.7 Å². The second-order valence-electron chi connectivity index (χ2n) is 6.55. The molecule has 2 aromatic rings. The van der Waals surface area contributed by atoms with Crippen LogP contribution in [0, 0.1) is 0 Å². The Bertz CT molecular complexity index is 834. The number of hydrogen-bond acceptors (Lipinski definition) is 5.